The van der Waals surface area contributed by atoms with Gasteiger partial charge in [0.1, 0.15) is 0 Å². The van der Waals surface area contributed by atoms with Crippen LogP contribution in [0.5, 0.6) is 0 Å². The third-order valence-electron chi connectivity index (χ3n) is 2.84. The van der Waals surface area contributed by atoms with E-state index in [2.05, 4.69) is 20.0 Å². The van der Waals surface area contributed by atoms with E-state index in [9.17, 15) is 9.59 Å². The molecule has 0 N–H and O–H groups in total. The number of hydrogen-bond donors (Lipinski definition) is 0. The fourth-order valence-electron chi connectivity index (χ4n) is 1.77. The van der Waals surface area contributed by atoms with Crippen molar-refractivity contribution in [2.75, 3.05) is 0 Å². The largest absolute Gasteiger partial charge is 0.331 e. The third kappa shape index (κ3) is 3.65. The Morgan fingerprint density at radius 3 is 1.72 bits per heavy atom. The standard InChI is InChI=1S/C12H18N2O4/c1-8(15)17-13-10-6-5-7-11(12(10,3)4)14-18-9(2)16/h5-7H2,1-4H3. The first-order valence-corrected chi connectivity index (χ1v) is 5.84. The Balaban J connectivity index is 2.90. The van der Waals surface area contributed by atoms with Gasteiger partial charge in [-0.2, -0.15) is 0 Å². The molecule has 0 amide bonds. The average Bonchev–Trinajstić information content (AvgIpc) is 2.24. The molecule has 0 bridgehead atoms. The van der Waals surface area contributed by atoms with Crippen LogP contribution >= 0.6 is 0 Å². The van der Waals surface area contributed by atoms with Crippen LogP contribution < -0.4 is 0 Å². The predicted octanol–water partition coefficient (Wildman–Crippen LogP) is 2.03. The van der Waals surface area contributed by atoms with Gasteiger partial charge < -0.3 is 9.68 Å². The van der Waals surface area contributed by atoms with Crippen molar-refractivity contribution in [3.63, 3.8) is 0 Å². The van der Waals surface area contributed by atoms with E-state index in [1.165, 1.54) is 13.8 Å². The lowest BCUT2D eigenvalue weighted by Gasteiger charge is -2.31. The number of rotatable bonds is 2. The van der Waals surface area contributed by atoms with Crippen molar-refractivity contribution in [3.05, 3.63) is 0 Å². The van der Waals surface area contributed by atoms with Crippen LogP contribution in [0.25, 0.3) is 0 Å². The van der Waals surface area contributed by atoms with Crippen LogP contribution in [0.1, 0.15) is 47.0 Å². The first-order valence-electron chi connectivity index (χ1n) is 5.84. The highest BCUT2D eigenvalue weighted by molar-refractivity contribution is 6.12. The second kappa shape index (κ2) is 5.75. The van der Waals surface area contributed by atoms with Gasteiger partial charge in [-0.1, -0.05) is 10.3 Å². The molecule has 0 aromatic heterocycles. The third-order valence-corrected chi connectivity index (χ3v) is 2.84. The van der Waals surface area contributed by atoms with E-state index >= 15 is 0 Å². The summed E-state index contributed by atoms with van der Waals surface area (Å²) in [5.41, 5.74) is 0.994. The summed E-state index contributed by atoms with van der Waals surface area (Å²) in [7, 11) is 0. The molecule has 0 saturated heterocycles. The summed E-state index contributed by atoms with van der Waals surface area (Å²) in [5, 5.41) is 7.72. The molecule has 0 unspecified atom stereocenters. The van der Waals surface area contributed by atoms with Gasteiger partial charge in [-0.15, -0.1) is 0 Å². The number of hydrogen-bond acceptors (Lipinski definition) is 6. The predicted molar refractivity (Wildman–Crippen MR) is 66.0 cm³/mol. The topological polar surface area (TPSA) is 77.3 Å². The maximum Gasteiger partial charge on any atom is 0.331 e. The molecule has 0 aliphatic heterocycles. The summed E-state index contributed by atoms with van der Waals surface area (Å²) in [6.45, 7) is 6.43. The van der Waals surface area contributed by atoms with E-state index in [-0.39, 0.29) is 0 Å². The summed E-state index contributed by atoms with van der Waals surface area (Å²) in [6.07, 6.45) is 2.31. The van der Waals surface area contributed by atoms with E-state index in [4.69, 9.17) is 0 Å². The molecule has 0 aromatic carbocycles. The minimum atomic E-state index is -0.469. The van der Waals surface area contributed by atoms with Gasteiger partial charge in [0.05, 0.1) is 11.4 Å². The molecular weight excluding hydrogens is 236 g/mol. The first-order chi connectivity index (χ1) is 8.34. The Morgan fingerprint density at radius 2 is 1.39 bits per heavy atom. The van der Waals surface area contributed by atoms with Crippen molar-refractivity contribution < 1.29 is 19.3 Å². The number of carbonyl (C=O) groups is 2. The van der Waals surface area contributed by atoms with Crippen LogP contribution in [0.2, 0.25) is 0 Å². The monoisotopic (exact) mass is 254 g/mol. The van der Waals surface area contributed by atoms with Crippen molar-refractivity contribution in [1.82, 2.24) is 0 Å². The molecule has 0 atom stereocenters. The summed E-state index contributed by atoms with van der Waals surface area (Å²) in [4.78, 5) is 30.9. The molecule has 0 aromatic rings. The molecule has 0 spiro atoms. The van der Waals surface area contributed by atoms with Gasteiger partial charge in [-0.3, -0.25) is 0 Å². The zero-order valence-corrected chi connectivity index (χ0v) is 11.1. The highest BCUT2D eigenvalue weighted by Gasteiger charge is 2.36. The molecule has 1 aliphatic rings. The van der Waals surface area contributed by atoms with Gasteiger partial charge in [-0.05, 0) is 33.1 Å². The van der Waals surface area contributed by atoms with E-state index in [1.807, 2.05) is 13.8 Å². The van der Waals surface area contributed by atoms with Crippen LogP contribution in [0.4, 0.5) is 0 Å². The molecule has 0 radical (unpaired) electrons. The lowest BCUT2D eigenvalue weighted by atomic mass is 9.74. The van der Waals surface area contributed by atoms with Gasteiger partial charge in [-0.25, -0.2) is 9.59 Å². The molecule has 0 heterocycles. The van der Waals surface area contributed by atoms with Gasteiger partial charge in [0, 0.05) is 19.3 Å². The van der Waals surface area contributed by atoms with E-state index in [0.717, 1.165) is 30.7 Å². The van der Waals surface area contributed by atoms with Crippen LogP contribution in [0.15, 0.2) is 10.3 Å². The van der Waals surface area contributed by atoms with E-state index < -0.39 is 17.4 Å². The van der Waals surface area contributed by atoms with Gasteiger partial charge >= 0.3 is 11.9 Å². The summed E-state index contributed by atoms with van der Waals surface area (Å²) < 4.78 is 0. The quantitative estimate of drug-likeness (QED) is 0.558. The van der Waals surface area contributed by atoms with Gasteiger partial charge in [0.15, 0.2) is 0 Å². The fraction of sp³-hybridized carbons (Fsp3) is 0.667. The molecular formula is C12H18N2O4. The zero-order chi connectivity index (χ0) is 13.8. The minimum Gasteiger partial charge on any atom is -0.319 e. The Hall–Kier alpha value is -1.72. The second-order valence-electron chi connectivity index (χ2n) is 4.72. The highest BCUT2D eigenvalue weighted by Crippen LogP contribution is 2.31. The molecule has 1 fully saturated rings. The van der Waals surface area contributed by atoms with E-state index in [1.54, 1.807) is 0 Å². The summed E-state index contributed by atoms with van der Waals surface area (Å²) in [5.74, 6) is -0.912. The Kier molecular flexibility index (Phi) is 4.58. The van der Waals surface area contributed by atoms with Gasteiger partial charge in [0.2, 0.25) is 0 Å². The highest BCUT2D eigenvalue weighted by atomic mass is 16.7. The molecule has 6 nitrogen and oxygen atoms in total. The van der Waals surface area contributed by atoms with E-state index in [0.29, 0.717) is 0 Å². The minimum absolute atomic E-state index is 0.456. The number of oxime groups is 2. The molecule has 1 aliphatic carbocycles. The Labute approximate surface area is 106 Å². The van der Waals surface area contributed by atoms with Crippen LogP contribution in [-0.4, -0.2) is 23.4 Å². The summed E-state index contributed by atoms with van der Waals surface area (Å²) >= 11 is 0. The van der Waals surface area contributed by atoms with Crippen molar-refractivity contribution in [2.45, 2.75) is 47.0 Å². The Bertz CT molecular complexity index is 374. The molecule has 18 heavy (non-hydrogen) atoms. The number of nitrogens with zero attached hydrogens (tertiary/aromatic N) is 2. The molecule has 1 saturated carbocycles. The normalized spacial score (nSPS) is 22.9. The lowest BCUT2D eigenvalue weighted by molar-refractivity contribution is -0.141. The van der Waals surface area contributed by atoms with Crippen LogP contribution in [0, 0.1) is 5.41 Å². The van der Waals surface area contributed by atoms with Crippen molar-refractivity contribution >= 4 is 23.4 Å². The maximum absolute atomic E-state index is 10.8. The Morgan fingerprint density at radius 1 is 1.00 bits per heavy atom. The molecule has 100 valence electrons. The van der Waals surface area contributed by atoms with Crippen molar-refractivity contribution in [2.24, 2.45) is 15.7 Å². The smallest absolute Gasteiger partial charge is 0.319 e. The van der Waals surface area contributed by atoms with Gasteiger partial charge in [0.25, 0.3) is 0 Å². The van der Waals surface area contributed by atoms with Crippen molar-refractivity contribution in [1.29, 1.82) is 0 Å². The van der Waals surface area contributed by atoms with Crippen LogP contribution in [0.3, 0.4) is 0 Å². The SMILES string of the molecule is CC(=O)ON=C1CCCC(=NOC(C)=O)C1(C)C. The molecule has 1 rings (SSSR count). The average molecular weight is 254 g/mol. The molecule has 6 heteroatoms. The lowest BCUT2D eigenvalue weighted by Crippen LogP contribution is -2.38. The maximum atomic E-state index is 10.8. The second-order valence-corrected chi connectivity index (χ2v) is 4.72. The van der Waals surface area contributed by atoms with Crippen molar-refractivity contribution in [3.8, 4) is 0 Å². The summed E-state index contributed by atoms with van der Waals surface area (Å²) in [6, 6.07) is 0. The fourth-order valence-corrected chi connectivity index (χ4v) is 1.77. The zero-order valence-electron chi connectivity index (χ0n) is 11.1. The first kappa shape index (κ1) is 14.3. The van der Waals surface area contributed by atoms with Crippen LogP contribution in [-0.2, 0) is 19.3 Å². The number of carbonyl (C=O) groups excluding carboxylic acids is 2.